The zero-order valence-electron chi connectivity index (χ0n) is 12.5. The van der Waals surface area contributed by atoms with Crippen LogP contribution in [0.15, 0.2) is 11.3 Å². The van der Waals surface area contributed by atoms with Gasteiger partial charge in [0.1, 0.15) is 12.2 Å². The van der Waals surface area contributed by atoms with Gasteiger partial charge in [0.05, 0.1) is 18.7 Å². The second-order valence-corrected chi connectivity index (χ2v) is 5.40. The topological polar surface area (TPSA) is 78.6 Å². The fourth-order valence-electron chi connectivity index (χ4n) is 2.19. The predicted octanol–water partition coefficient (Wildman–Crippen LogP) is 0.127. The number of hydrogen-bond donors (Lipinski definition) is 2. The summed E-state index contributed by atoms with van der Waals surface area (Å²) in [5, 5.41) is 17.4. The molecule has 1 aromatic heterocycles. The molecule has 0 aliphatic heterocycles. The van der Waals surface area contributed by atoms with Crippen molar-refractivity contribution >= 4 is 5.96 Å². The average molecular weight is 280 g/mol. The largest absolute Gasteiger partial charge is 0.388 e. The standard InChI is InChI=1S/C13H24N6O/c1-4-14-12(15-9-13(20)6-5-7-13)18(2)8-11-16-10-17-19(11)3/h10,20H,4-9H2,1-3H3,(H,14,15). The van der Waals surface area contributed by atoms with E-state index >= 15 is 0 Å². The first-order valence-corrected chi connectivity index (χ1v) is 7.09. The lowest BCUT2D eigenvalue weighted by Crippen LogP contribution is -2.43. The molecule has 1 saturated carbocycles. The molecule has 112 valence electrons. The summed E-state index contributed by atoms with van der Waals surface area (Å²) in [6.07, 6.45) is 4.34. The molecular formula is C13H24N6O. The van der Waals surface area contributed by atoms with Crippen LogP contribution >= 0.6 is 0 Å². The van der Waals surface area contributed by atoms with E-state index in [1.165, 1.54) is 0 Å². The molecule has 7 nitrogen and oxygen atoms in total. The van der Waals surface area contributed by atoms with Gasteiger partial charge in [0.2, 0.25) is 0 Å². The average Bonchev–Trinajstić information content (AvgIpc) is 2.78. The van der Waals surface area contributed by atoms with E-state index in [4.69, 9.17) is 0 Å². The minimum Gasteiger partial charge on any atom is -0.388 e. The maximum absolute atomic E-state index is 10.1. The van der Waals surface area contributed by atoms with Gasteiger partial charge >= 0.3 is 0 Å². The number of nitrogens with one attached hydrogen (secondary N) is 1. The number of aliphatic hydroxyl groups is 1. The molecule has 0 atom stereocenters. The number of aryl methyl sites for hydroxylation is 1. The van der Waals surface area contributed by atoms with Gasteiger partial charge in [-0.15, -0.1) is 0 Å². The van der Waals surface area contributed by atoms with Crippen molar-refractivity contribution in [3.8, 4) is 0 Å². The minimum absolute atomic E-state index is 0.457. The van der Waals surface area contributed by atoms with E-state index < -0.39 is 5.60 Å². The summed E-state index contributed by atoms with van der Waals surface area (Å²) < 4.78 is 1.75. The molecule has 0 bridgehead atoms. The Kier molecular flexibility index (Phi) is 4.59. The van der Waals surface area contributed by atoms with Crippen molar-refractivity contribution in [2.75, 3.05) is 20.1 Å². The molecule has 0 radical (unpaired) electrons. The molecule has 0 unspecified atom stereocenters. The number of aliphatic imine (C=N–C) groups is 1. The Labute approximate surface area is 119 Å². The highest BCUT2D eigenvalue weighted by molar-refractivity contribution is 5.79. The second-order valence-electron chi connectivity index (χ2n) is 5.40. The van der Waals surface area contributed by atoms with Crippen LogP contribution in [0.4, 0.5) is 0 Å². The molecule has 1 heterocycles. The lowest BCUT2D eigenvalue weighted by atomic mass is 9.80. The molecule has 1 fully saturated rings. The van der Waals surface area contributed by atoms with Crippen LogP contribution in [0.25, 0.3) is 0 Å². The second kappa shape index (κ2) is 6.21. The number of nitrogens with zero attached hydrogens (tertiary/aromatic N) is 5. The molecule has 1 aromatic rings. The first-order valence-electron chi connectivity index (χ1n) is 7.09. The Morgan fingerprint density at radius 2 is 2.35 bits per heavy atom. The summed E-state index contributed by atoms with van der Waals surface area (Å²) in [5.41, 5.74) is -0.591. The van der Waals surface area contributed by atoms with Crippen molar-refractivity contribution in [2.24, 2.45) is 12.0 Å². The number of guanidine groups is 1. The van der Waals surface area contributed by atoms with Crippen LogP contribution in [0.5, 0.6) is 0 Å². The third-order valence-electron chi connectivity index (χ3n) is 3.69. The van der Waals surface area contributed by atoms with Gasteiger partial charge in [-0.2, -0.15) is 5.10 Å². The van der Waals surface area contributed by atoms with Crippen molar-refractivity contribution in [2.45, 2.75) is 38.3 Å². The molecule has 2 N–H and O–H groups in total. The Morgan fingerprint density at radius 1 is 1.60 bits per heavy atom. The van der Waals surface area contributed by atoms with Crippen LogP contribution in [-0.2, 0) is 13.6 Å². The molecule has 0 spiro atoms. The molecule has 20 heavy (non-hydrogen) atoms. The quantitative estimate of drug-likeness (QED) is 0.592. The molecule has 0 amide bonds. The third kappa shape index (κ3) is 3.47. The van der Waals surface area contributed by atoms with Crippen molar-refractivity contribution in [3.05, 3.63) is 12.2 Å². The van der Waals surface area contributed by atoms with E-state index in [2.05, 4.69) is 20.4 Å². The molecule has 0 saturated heterocycles. The van der Waals surface area contributed by atoms with Crippen LogP contribution in [0.3, 0.4) is 0 Å². The summed E-state index contributed by atoms with van der Waals surface area (Å²) in [6.45, 7) is 3.91. The highest BCUT2D eigenvalue weighted by Gasteiger charge is 2.34. The smallest absolute Gasteiger partial charge is 0.194 e. The monoisotopic (exact) mass is 280 g/mol. The van der Waals surface area contributed by atoms with Crippen LogP contribution in [-0.4, -0.2) is 56.5 Å². The molecule has 7 heteroatoms. The van der Waals surface area contributed by atoms with E-state index in [0.717, 1.165) is 37.6 Å². The molecule has 1 aliphatic rings. The molecule has 1 aliphatic carbocycles. The highest BCUT2D eigenvalue weighted by Crippen LogP contribution is 2.31. The summed E-state index contributed by atoms with van der Waals surface area (Å²) in [5.74, 6) is 1.66. The Bertz CT molecular complexity index is 465. The van der Waals surface area contributed by atoms with Gasteiger partial charge < -0.3 is 15.3 Å². The number of rotatable bonds is 5. The highest BCUT2D eigenvalue weighted by atomic mass is 16.3. The maximum Gasteiger partial charge on any atom is 0.194 e. The SMILES string of the molecule is CCNC(=NCC1(O)CCC1)N(C)Cc1ncnn1C. The van der Waals surface area contributed by atoms with Crippen molar-refractivity contribution < 1.29 is 5.11 Å². The van der Waals surface area contributed by atoms with E-state index in [-0.39, 0.29) is 0 Å². The van der Waals surface area contributed by atoms with Gasteiger partial charge in [-0.3, -0.25) is 9.67 Å². The van der Waals surface area contributed by atoms with Crippen LogP contribution in [0, 0.1) is 0 Å². The zero-order chi connectivity index (χ0) is 14.6. The Morgan fingerprint density at radius 3 is 2.85 bits per heavy atom. The normalized spacial score (nSPS) is 17.7. The van der Waals surface area contributed by atoms with Gasteiger partial charge in [-0.1, -0.05) is 0 Å². The van der Waals surface area contributed by atoms with E-state index in [9.17, 15) is 5.11 Å². The van der Waals surface area contributed by atoms with E-state index in [1.807, 2.05) is 25.9 Å². The summed E-state index contributed by atoms with van der Waals surface area (Å²) >= 11 is 0. The van der Waals surface area contributed by atoms with Gasteiger partial charge in [0.25, 0.3) is 0 Å². The number of hydrogen-bond acceptors (Lipinski definition) is 4. The van der Waals surface area contributed by atoms with Gasteiger partial charge in [0.15, 0.2) is 5.96 Å². The van der Waals surface area contributed by atoms with E-state index in [1.54, 1.807) is 11.0 Å². The van der Waals surface area contributed by atoms with E-state index in [0.29, 0.717) is 13.1 Å². The van der Waals surface area contributed by atoms with Crippen molar-refractivity contribution in [1.29, 1.82) is 0 Å². The molecule has 0 aromatic carbocycles. The first kappa shape index (κ1) is 14.8. The van der Waals surface area contributed by atoms with Gasteiger partial charge in [-0.05, 0) is 26.2 Å². The summed E-state index contributed by atoms with van der Waals surface area (Å²) in [7, 11) is 3.83. The molecule has 2 rings (SSSR count). The van der Waals surface area contributed by atoms with Crippen molar-refractivity contribution in [3.63, 3.8) is 0 Å². The van der Waals surface area contributed by atoms with Crippen molar-refractivity contribution in [1.82, 2.24) is 25.0 Å². The molecular weight excluding hydrogens is 256 g/mol. The lowest BCUT2D eigenvalue weighted by Gasteiger charge is -2.35. The fourth-order valence-corrected chi connectivity index (χ4v) is 2.19. The van der Waals surface area contributed by atoms with Gasteiger partial charge in [-0.25, -0.2) is 4.98 Å². The predicted molar refractivity (Wildman–Crippen MR) is 77.2 cm³/mol. The number of aromatic nitrogens is 3. The van der Waals surface area contributed by atoms with Gasteiger partial charge in [0, 0.05) is 20.6 Å². The maximum atomic E-state index is 10.1. The lowest BCUT2D eigenvalue weighted by molar-refractivity contribution is -0.0237. The Hall–Kier alpha value is -1.63. The van der Waals surface area contributed by atoms with Crippen LogP contribution in [0.1, 0.15) is 32.0 Å². The summed E-state index contributed by atoms with van der Waals surface area (Å²) in [4.78, 5) is 10.7. The van der Waals surface area contributed by atoms with Crippen LogP contribution < -0.4 is 5.32 Å². The minimum atomic E-state index is -0.591. The third-order valence-corrected chi connectivity index (χ3v) is 3.69. The van der Waals surface area contributed by atoms with Crippen LogP contribution in [0.2, 0.25) is 0 Å². The summed E-state index contributed by atoms with van der Waals surface area (Å²) in [6, 6.07) is 0. The zero-order valence-corrected chi connectivity index (χ0v) is 12.5. The first-order chi connectivity index (χ1) is 9.54. The Balaban J connectivity index is 1.99. The fraction of sp³-hybridized carbons (Fsp3) is 0.769.